The molecule has 0 spiro atoms. The average Bonchev–Trinajstić information content (AvgIpc) is 3.29. The van der Waals surface area contributed by atoms with E-state index in [1.54, 1.807) is 0 Å². The second-order valence-electron chi connectivity index (χ2n) is 7.97. The van der Waals surface area contributed by atoms with Gasteiger partial charge in [-0.15, -0.1) is 0 Å². The van der Waals surface area contributed by atoms with Gasteiger partial charge in [0.2, 0.25) is 0 Å². The van der Waals surface area contributed by atoms with Crippen LogP contribution in [0.25, 0.3) is 39.1 Å². The van der Waals surface area contributed by atoms with E-state index < -0.39 is 0 Å². The molecular formula is C27H30N4+2. The Morgan fingerprint density at radius 1 is 0.710 bits per heavy atom. The minimum Gasteiger partial charge on any atom is -0.227 e. The van der Waals surface area contributed by atoms with E-state index in [-0.39, 0.29) is 0 Å². The lowest BCUT2D eigenvalue weighted by Crippen LogP contribution is -2.35. The number of para-hydroxylation sites is 3. The van der Waals surface area contributed by atoms with Gasteiger partial charge in [0.1, 0.15) is 5.69 Å². The summed E-state index contributed by atoms with van der Waals surface area (Å²) in [7, 11) is 0. The molecule has 0 aliphatic carbocycles. The SMILES string of the molecule is CCn1c(-c2ccc3c(c2)[n+](CC)c(C)n3-c2ccccc2)[n+](CC)c2ccccc21. The van der Waals surface area contributed by atoms with Gasteiger partial charge in [0.25, 0.3) is 11.6 Å². The monoisotopic (exact) mass is 410 g/mol. The molecule has 5 rings (SSSR count). The number of hydrogen-bond acceptors (Lipinski definition) is 0. The normalized spacial score (nSPS) is 11.6. The molecule has 3 aromatic carbocycles. The number of benzene rings is 3. The van der Waals surface area contributed by atoms with Gasteiger partial charge < -0.3 is 0 Å². The predicted molar refractivity (Wildman–Crippen MR) is 126 cm³/mol. The van der Waals surface area contributed by atoms with Crippen molar-refractivity contribution in [3.05, 3.63) is 78.6 Å². The topological polar surface area (TPSA) is 17.6 Å². The molecule has 2 heterocycles. The number of nitrogens with zero attached hydrogens (tertiary/aromatic N) is 4. The van der Waals surface area contributed by atoms with Gasteiger partial charge in [0.05, 0.1) is 25.2 Å². The van der Waals surface area contributed by atoms with Crippen molar-refractivity contribution in [2.75, 3.05) is 0 Å². The zero-order chi connectivity index (χ0) is 21.5. The van der Waals surface area contributed by atoms with E-state index in [1.807, 2.05) is 0 Å². The number of rotatable bonds is 5. The molecule has 0 atom stereocenters. The molecule has 0 bridgehead atoms. The second kappa shape index (κ2) is 7.69. The average molecular weight is 411 g/mol. The van der Waals surface area contributed by atoms with Crippen molar-refractivity contribution in [1.29, 1.82) is 0 Å². The maximum absolute atomic E-state index is 2.44. The first-order valence-electron chi connectivity index (χ1n) is 11.3. The van der Waals surface area contributed by atoms with Gasteiger partial charge in [-0.2, -0.15) is 4.57 Å². The fourth-order valence-electron chi connectivity index (χ4n) is 5.09. The summed E-state index contributed by atoms with van der Waals surface area (Å²) in [5, 5.41) is 0. The molecule has 0 amide bonds. The second-order valence-corrected chi connectivity index (χ2v) is 7.97. The molecule has 0 saturated heterocycles. The smallest absolute Gasteiger partial charge is 0.227 e. The van der Waals surface area contributed by atoms with Gasteiger partial charge in [-0.25, -0.2) is 13.7 Å². The van der Waals surface area contributed by atoms with Crippen LogP contribution in [0.15, 0.2) is 72.8 Å². The molecule has 0 fully saturated rings. The Bertz CT molecular complexity index is 1350. The van der Waals surface area contributed by atoms with Crippen molar-refractivity contribution < 1.29 is 9.13 Å². The van der Waals surface area contributed by atoms with Crippen molar-refractivity contribution in [2.24, 2.45) is 0 Å². The molecule has 0 aliphatic heterocycles. The molecule has 0 unspecified atom stereocenters. The summed E-state index contributed by atoms with van der Waals surface area (Å²) in [5.74, 6) is 2.53. The third kappa shape index (κ3) is 2.89. The van der Waals surface area contributed by atoms with Crippen LogP contribution in [0.4, 0.5) is 0 Å². The van der Waals surface area contributed by atoms with E-state index in [2.05, 4.69) is 119 Å². The summed E-state index contributed by atoms with van der Waals surface area (Å²) < 4.78 is 9.67. The van der Waals surface area contributed by atoms with Crippen LogP contribution in [0.3, 0.4) is 0 Å². The lowest BCUT2D eigenvalue weighted by Gasteiger charge is -2.03. The number of aryl methyl sites for hydroxylation is 3. The van der Waals surface area contributed by atoms with E-state index in [9.17, 15) is 0 Å². The van der Waals surface area contributed by atoms with Gasteiger partial charge in [-0.05, 0) is 57.2 Å². The fraction of sp³-hybridized carbons (Fsp3) is 0.259. The molecule has 156 valence electrons. The van der Waals surface area contributed by atoms with Crippen molar-refractivity contribution >= 4 is 22.1 Å². The highest BCUT2D eigenvalue weighted by Crippen LogP contribution is 2.28. The van der Waals surface area contributed by atoms with Gasteiger partial charge in [-0.3, -0.25) is 0 Å². The van der Waals surface area contributed by atoms with Gasteiger partial charge in [0.15, 0.2) is 22.1 Å². The summed E-state index contributed by atoms with van der Waals surface area (Å²) in [5.41, 5.74) is 7.58. The van der Waals surface area contributed by atoms with Crippen LogP contribution in [-0.2, 0) is 19.6 Å². The van der Waals surface area contributed by atoms with Gasteiger partial charge >= 0.3 is 0 Å². The molecule has 31 heavy (non-hydrogen) atoms. The fourth-order valence-corrected chi connectivity index (χ4v) is 5.09. The van der Waals surface area contributed by atoms with Crippen LogP contribution >= 0.6 is 0 Å². The van der Waals surface area contributed by atoms with Crippen LogP contribution in [0.5, 0.6) is 0 Å². The Balaban J connectivity index is 1.81. The molecule has 2 aromatic heterocycles. The van der Waals surface area contributed by atoms with Crippen LogP contribution < -0.4 is 9.13 Å². The predicted octanol–water partition coefficient (Wildman–Crippen LogP) is 5.20. The van der Waals surface area contributed by atoms with E-state index in [1.165, 1.54) is 45.0 Å². The van der Waals surface area contributed by atoms with Crippen LogP contribution in [-0.4, -0.2) is 9.13 Å². The van der Waals surface area contributed by atoms with E-state index >= 15 is 0 Å². The highest BCUT2D eigenvalue weighted by Gasteiger charge is 2.28. The van der Waals surface area contributed by atoms with Crippen molar-refractivity contribution in [2.45, 2.75) is 47.3 Å². The van der Waals surface area contributed by atoms with Gasteiger partial charge in [-0.1, -0.05) is 30.3 Å². The summed E-state index contributed by atoms with van der Waals surface area (Å²) in [4.78, 5) is 0. The third-order valence-corrected chi connectivity index (χ3v) is 6.42. The number of fused-ring (bicyclic) bond motifs is 2. The minimum atomic E-state index is 0.941. The first-order valence-corrected chi connectivity index (χ1v) is 11.3. The molecule has 0 radical (unpaired) electrons. The Labute approximate surface area is 183 Å². The highest BCUT2D eigenvalue weighted by atomic mass is 15.2. The highest BCUT2D eigenvalue weighted by molar-refractivity contribution is 5.82. The Morgan fingerprint density at radius 2 is 1.42 bits per heavy atom. The Morgan fingerprint density at radius 3 is 2.13 bits per heavy atom. The van der Waals surface area contributed by atoms with E-state index in [0.717, 1.165) is 19.6 Å². The quantitative estimate of drug-likeness (QED) is 0.355. The Hall–Kier alpha value is -3.40. The minimum absolute atomic E-state index is 0.941. The van der Waals surface area contributed by atoms with Crippen LogP contribution in [0.1, 0.15) is 26.6 Å². The molecule has 4 nitrogen and oxygen atoms in total. The summed E-state index contributed by atoms with van der Waals surface area (Å²) in [6.07, 6.45) is 0. The summed E-state index contributed by atoms with van der Waals surface area (Å²) in [6, 6.07) is 26.3. The van der Waals surface area contributed by atoms with Crippen molar-refractivity contribution in [3.63, 3.8) is 0 Å². The molecule has 5 aromatic rings. The number of hydrogen-bond donors (Lipinski definition) is 0. The third-order valence-electron chi connectivity index (χ3n) is 6.42. The van der Waals surface area contributed by atoms with Crippen molar-refractivity contribution in [1.82, 2.24) is 9.13 Å². The molecule has 0 aliphatic rings. The number of aromatic nitrogens is 4. The first kappa shape index (κ1) is 19.6. The molecular weight excluding hydrogens is 380 g/mol. The molecule has 0 N–H and O–H groups in total. The summed E-state index contributed by atoms with van der Waals surface area (Å²) >= 11 is 0. The van der Waals surface area contributed by atoms with Crippen LogP contribution in [0, 0.1) is 6.92 Å². The molecule has 0 saturated carbocycles. The first-order chi connectivity index (χ1) is 15.2. The summed E-state index contributed by atoms with van der Waals surface area (Å²) in [6.45, 7) is 11.7. The van der Waals surface area contributed by atoms with E-state index in [0.29, 0.717) is 0 Å². The maximum Gasteiger partial charge on any atom is 0.289 e. The number of imidazole rings is 2. The maximum atomic E-state index is 2.44. The van der Waals surface area contributed by atoms with Gasteiger partial charge in [0, 0.05) is 13.0 Å². The van der Waals surface area contributed by atoms with E-state index in [4.69, 9.17) is 0 Å². The molecule has 4 heteroatoms. The standard InChI is InChI=1S/C27H30N4/c1-5-28-20(4)31(22-13-9-8-10-14-22)25-18-17-21(19-26(25)28)27-29(6-2)23-15-11-12-16-24(23)30(27)7-3/h8-19H,5-7H2,1-4H3/q+2. The Kier molecular flexibility index (Phi) is 4.85. The zero-order valence-corrected chi connectivity index (χ0v) is 18.8. The lowest BCUT2D eigenvalue weighted by molar-refractivity contribution is -0.674. The van der Waals surface area contributed by atoms with Crippen molar-refractivity contribution in [3.8, 4) is 17.1 Å². The van der Waals surface area contributed by atoms with Crippen LogP contribution in [0.2, 0.25) is 0 Å². The zero-order valence-electron chi connectivity index (χ0n) is 18.8. The lowest BCUT2D eigenvalue weighted by atomic mass is 10.1. The largest absolute Gasteiger partial charge is 0.289 e.